The van der Waals surface area contributed by atoms with Gasteiger partial charge in [-0.1, -0.05) is 6.08 Å². The number of carbonyl (C=O) groups excluding carboxylic acids is 1. The second-order valence-corrected chi connectivity index (χ2v) is 5.37. The zero-order valence-corrected chi connectivity index (χ0v) is 11.4. The monoisotopic (exact) mass is 263 g/mol. The molecule has 1 aliphatic rings. The Labute approximate surface area is 111 Å². The molecule has 96 valence electrons. The van der Waals surface area contributed by atoms with Crippen molar-refractivity contribution in [3.8, 4) is 0 Å². The maximum absolute atomic E-state index is 11.3. The fraction of sp³-hybridized carbons (Fsp3) is 0.385. The van der Waals surface area contributed by atoms with E-state index in [-0.39, 0.29) is 5.91 Å². The fourth-order valence-electron chi connectivity index (χ4n) is 2.11. The summed E-state index contributed by atoms with van der Waals surface area (Å²) in [5.41, 5.74) is 8.06. The first-order valence-corrected chi connectivity index (χ1v) is 6.78. The van der Waals surface area contributed by atoms with Crippen LogP contribution in [0.4, 0.5) is 0 Å². The van der Waals surface area contributed by atoms with E-state index >= 15 is 0 Å². The number of primary amides is 1. The summed E-state index contributed by atoms with van der Waals surface area (Å²) in [6.45, 7) is 5.36. The minimum Gasteiger partial charge on any atom is -0.366 e. The molecule has 0 spiro atoms. The lowest BCUT2D eigenvalue weighted by Gasteiger charge is -2.29. The molecule has 0 aliphatic carbocycles. The van der Waals surface area contributed by atoms with Crippen LogP contribution in [0.1, 0.15) is 34.6 Å². The van der Waals surface area contributed by atoms with Gasteiger partial charge >= 0.3 is 0 Å². The number of nitrogens with zero attached hydrogens (tertiary/aromatic N) is 1. The molecule has 4 nitrogen and oxygen atoms in total. The van der Waals surface area contributed by atoms with Crippen molar-refractivity contribution in [2.24, 2.45) is 5.73 Å². The van der Waals surface area contributed by atoms with Gasteiger partial charge in [0.15, 0.2) is 0 Å². The number of thiophene rings is 1. The lowest BCUT2D eigenvalue weighted by molar-refractivity contribution is 0.0999. The lowest BCUT2D eigenvalue weighted by atomic mass is 10.0. The third-order valence-electron chi connectivity index (χ3n) is 3.34. The van der Waals surface area contributed by atoms with Gasteiger partial charge in [0.05, 0.1) is 12.1 Å². The SMILES string of the molecule is C/C=C(\C)C(=N)N1CCc2c(C(N)=O)csc2C1. The Morgan fingerprint density at radius 1 is 1.61 bits per heavy atom. The maximum Gasteiger partial charge on any atom is 0.249 e. The van der Waals surface area contributed by atoms with Gasteiger partial charge in [-0.25, -0.2) is 0 Å². The molecule has 2 heterocycles. The highest BCUT2D eigenvalue weighted by Gasteiger charge is 2.24. The van der Waals surface area contributed by atoms with Gasteiger partial charge in [0.25, 0.3) is 0 Å². The van der Waals surface area contributed by atoms with Gasteiger partial charge in [-0.2, -0.15) is 0 Å². The van der Waals surface area contributed by atoms with Crippen LogP contribution in [0.3, 0.4) is 0 Å². The van der Waals surface area contributed by atoms with Crippen molar-refractivity contribution in [3.63, 3.8) is 0 Å². The van der Waals surface area contributed by atoms with Gasteiger partial charge in [-0.3, -0.25) is 10.2 Å². The third kappa shape index (κ3) is 2.18. The van der Waals surface area contributed by atoms with Crippen LogP contribution in [0.2, 0.25) is 0 Å². The van der Waals surface area contributed by atoms with E-state index < -0.39 is 0 Å². The minimum absolute atomic E-state index is 0.347. The van der Waals surface area contributed by atoms with E-state index in [0.717, 1.165) is 29.0 Å². The molecule has 0 atom stereocenters. The van der Waals surface area contributed by atoms with Gasteiger partial charge in [0.2, 0.25) is 5.91 Å². The highest BCUT2D eigenvalue weighted by molar-refractivity contribution is 7.10. The molecule has 1 aliphatic heterocycles. The molecule has 0 unspecified atom stereocenters. The Morgan fingerprint density at radius 3 is 2.94 bits per heavy atom. The number of carbonyl (C=O) groups is 1. The summed E-state index contributed by atoms with van der Waals surface area (Å²) in [5.74, 6) is 0.220. The molecule has 0 radical (unpaired) electrons. The molecule has 1 amide bonds. The van der Waals surface area contributed by atoms with Crippen LogP contribution in [-0.4, -0.2) is 23.2 Å². The van der Waals surface area contributed by atoms with E-state index in [4.69, 9.17) is 11.1 Å². The smallest absolute Gasteiger partial charge is 0.249 e. The second-order valence-electron chi connectivity index (χ2n) is 4.41. The molecule has 0 saturated carbocycles. The summed E-state index contributed by atoms with van der Waals surface area (Å²) in [7, 11) is 0. The highest BCUT2D eigenvalue weighted by Crippen LogP contribution is 2.29. The maximum atomic E-state index is 11.3. The average molecular weight is 263 g/mol. The Bertz CT molecular complexity index is 530. The standard InChI is InChI=1S/C13H17N3OS/c1-3-8(2)12(14)16-5-4-9-10(13(15)17)7-18-11(9)6-16/h3,7,14H,4-6H2,1-2H3,(H2,15,17)/b8-3+,14-12?. The zero-order chi connectivity index (χ0) is 13.3. The molecule has 1 aromatic heterocycles. The van der Waals surface area contributed by atoms with Crippen molar-refractivity contribution in [1.82, 2.24) is 4.90 Å². The topological polar surface area (TPSA) is 70.2 Å². The van der Waals surface area contributed by atoms with Gasteiger partial charge in [0, 0.05) is 16.8 Å². The number of allylic oxidation sites excluding steroid dienone is 1. The van der Waals surface area contributed by atoms with Crippen molar-refractivity contribution in [2.45, 2.75) is 26.8 Å². The molecule has 3 N–H and O–H groups in total. The van der Waals surface area contributed by atoms with Crippen LogP contribution in [0.5, 0.6) is 0 Å². The first kappa shape index (κ1) is 12.8. The molecular weight excluding hydrogens is 246 g/mol. The quantitative estimate of drug-likeness (QED) is 0.634. The lowest BCUT2D eigenvalue weighted by Crippen LogP contribution is -2.35. The molecule has 5 heteroatoms. The molecular formula is C13H17N3OS. The van der Waals surface area contributed by atoms with Crippen molar-refractivity contribution in [3.05, 3.63) is 33.0 Å². The molecule has 0 saturated heterocycles. The van der Waals surface area contributed by atoms with Crippen LogP contribution >= 0.6 is 11.3 Å². The summed E-state index contributed by atoms with van der Waals surface area (Å²) in [4.78, 5) is 14.5. The van der Waals surface area contributed by atoms with Crippen LogP contribution in [0.15, 0.2) is 17.0 Å². The zero-order valence-electron chi connectivity index (χ0n) is 10.6. The molecule has 1 aromatic rings. The molecule has 2 rings (SSSR count). The average Bonchev–Trinajstić information content (AvgIpc) is 2.79. The largest absolute Gasteiger partial charge is 0.366 e. The molecule has 0 fully saturated rings. The Morgan fingerprint density at radius 2 is 2.33 bits per heavy atom. The van der Waals surface area contributed by atoms with E-state index in [1.807, 2.05) is 30.2 Å². The minimum atomic E-state index is -0.347. The van der Waals surface area contributed by atoms with Crippen LogP contribution in [-0.2, 0) is 13.0 Å². The number of amides is 1. The number of hydrogen-bond acceptors (Lipinski definition) is 3. The van der Waals surface area contributed by atoms with Gasteiger partial charge in [-0.15, -0.1) is 11.3 Å². The number of nitrogens with one attached hydrogen (secondary N) is 1. The van der Waals surface area contributed by atoms with Gasteiger partial charge in [0.1, 0.15) is 5.84 Å². The van der Waals surface area contributed by atoms with Crippen LogP contribution in [0, 0.1) is 5.41 Å². The van der Waals surface area contributed by atoms with Gasteiger partial charge < -0.3 is 10.6 Å². The number of hydrogen-bond donors (Lipinski definition) is 2. The van der Waals surface area contributed by atoms with Gasteiger partial charge in [-0.05, 0) is 31.4 Å². The van der Waals surface area contributed by atoms with E-state index in [2.05, 4.69) is 0 Å². The number of rotatable bonds is 2. The van der Waals surface area contributed by atoms with Crippen molar-refractivity contribution < 1.29 is 4.79 Å². The Balaban J connectivity index is 2.21. The summed E-state index contributed by atoms with van der Waals surface area (Å²) in [5, 5.41) is 9.93. The Kier molecular flexibility index (Phi) is 3.52. The number of amidine groups is 1. The van der Waals surface area contributed by atoms with E-state index in [1.54, 1.807) is 11.3 Å². The Hall–Kier alpha value is -1.62. The second kappa shape index (κ2) is 4.94. The highest BCUT2D eigenvalue weighted by atomic mass is 32.1. The summed E-state index contributed by atoms with van der Waals surface area (Å²) in [6.07, 6.45) is 2.73. The third-order valence-corrected chi connectivity index (χ3v) is 4.35. The van der Waals surface area contributed by atoms with Crippen LogP contribution in [0.25, 0.3) is 0 Å². The molecule has 18 heavy (non-hydrogen) atoms. The summed E-state index contributed by atoms with van der Waals surface area (Å²) in [6, 6.07) is 0. The first-order chi connectivity index (χ1) is 8.54. The summed E-state index contributed by atoms with van der Waals surface area (Å²) >= 11 is 1.56. The molecule has 0 aromatic carbocycles. The summed E-state index contributed by atoms with van der Waals surface area (Å²) < 4.78 is 0. The fourth-order valence-corrected chi connectivity index (χ4v) is 3.22. The van der Waals surface area contributed by atoms with Crippen molar-refractivity contribution >= 4 is 23.1 Å². The van der Waals surface area contributed by atoms with E-state index in [0.29, 0.717) is 17.9 Å². The van der Waals surface area contributed by atoms with Crippen molar-refractivity contribution in [2.75, 3.05) is 6.54 Å². The number of nitrogens with two attached hydrogens (primary N) is 1. The predicted octanol–water partition coefficient (Wildman–Crippen LogP) is 2.15. The number of fused-ring (bicyclic) bond motifs is 1. The van der Waals surface area contributed by atoms with E-state index in [1.165, 1.54) is 0 Å². The van der Waals surface area contributed by atoms with Crippen molar-refractivity contribution in [1.29, 1.82) is 5.41 Å². The normalized spacial score (nSPS) is 15.4. The molecule has 0 bridgehead atoms. The first-order valence-electron chi connectivity index (χ1n) is 5.90. The van der Waals surface area contributed by atoms with Crippen LogP contribution < -0.4 is 5.73 Å². The van der Waals surface area contributed by atoms with E-state index in [9.17, 15) is 4.79 Å². The predicted molar refractivity (Wildman–Crippen MR) is 74.1 cm³/mol.